The highest BCUT2D eigenvalue weighted by Crippen LogP contribution is 2.15. The van der Waals surface area contributed by atoms with Crippen LogP contribution in [0.2, 0.25) is 0 Å². The lowest BCUT2D eigenvalue weighted by molar-refractivity contribution is -0.120. The molecule has 0 radical (unpaired) electrons. The Morgan fingerprint density at radius 2 is 2.58 bits per heavy atom. The Kier molecular flexibility index (Phi) is 1.91. The molecular formula is C6H8N4OS. The first kappa shape index (κ1) is 7.48. The summed E-state index contributed by atoms with van der Waals surface area (Å²) >= 11 is 1.46. The van der Waals surface area contributed by atoms with Gasteiger partial charge in [0.05, 0.1) is 6.54 Å². The molecule has 6 heteroatoms. The lowest BCUT2D eigenvalue weighted by atomic mass is 10.4. The third-order valence-electron chi connectivity index (χ3n) is 1.66. The molecule has 1 aromatic heterocycles. The highest BCUT2D eigenvalue weighted by atomic mass is 32.1. The minimum atomic E-state index is 0.0523. The van der Waals surface area contributed by atoms with Gasteiger partial charge in [-0.3, -0.25) is 4.79 Å². The molecule has 0 aliphatic carbocycles. The van der Waals surface area contributed by atoms with Gasteiger partial charge in [-0.1, -0.05) is 11.3 Å². The lowest BCUT2D eigenvalue weighted by Gasteiger charge is -2.25. The number of nitrogens with zero attached hydrogens (tertiary/aromatic N) is 3. The SMILES string of the molecule is O=C1CN(c2nncs2)CCN1. The number of aromatic nitrogens is 2. The first-order valence-corrected chi connectivity index (χ1v) is 4.52. The highest BCUT2D eigenvalue weighted by molar-refractivity contribution is 7.13. The lowest BCUT2D eigenvalue weighted by Crippen LogP contribution is -2.47. The first-order chi connectivity index (χ1) is 5.86. The minimum absolute atomic E-state index is 0.0523. The summed E-state index contributed by atoms with van der Waals surface area (Å²) < 4.78 is 0. The molecule has 0 unspecified atom stereocenters. The van der Waals surface area contributed by atoms with E-state index in [4.69, 9.17) is 0 Å². The van der Waals surface area contributed by atoms with Crippen LogP contribution in [0.25, 0.3) is 0 Å². The van der Waals surface area contributed by atoms with Gasteiger partial charge in [0.25, 0.3) is 0 Å². The molecule has 2 rings (SSSR count). The van der Waals surface area contributed by atoms with E-state index in [0.29, 0.717) is 13.1 Å². The highest BCUT2D eigenvalue weighted by Gasteiger charge is 2.17. The van der Waals surface area contributed by atoms with Crippen molar-refractivity contribution in [2.45, 2.75) is 0 Å². The maximum atomic E-state index is 11.0. The van der Waals surface area contributed by atoms with Crippen molar-refractivity contribution < 1.29 is 4.79 Å². The molecular weight excluding hydrogens is 176 g/mol. The van der Waals surface area contributed by atoms with E-state index in [1.165, 1.54) is 11.3 Å². The molecule has 1 amide bonds. The molecule has 1 aliphatic heterocycles. The van der Waals surface area contributed by atoms with E-state index < -0.39 is 0 Å². The van der Waals surface area contributed by atoms with E-state index >= 15 is 0 Å². The van der Waals surface area contributed by atoms with Gasteiger partial charge in [-0.05, 0) is 0 Å². The zero-order valence-corrected chi connectivity index (χ0v) is 7.17. The molecule has 1 aromatic rings. The molecule has 12 heavy (non-hydrogen) atoms. The van der Waals surface area contributed by atoms with Crippen LogP contribution in [0.5, 0.6) is 0 Å². The van der Waals surface area contributed by atoms with Crippen molar-refractivity contribution in [2.24, 2.45) is 0 Å². The number of hydrogen-bond donors (Lipinski definition) is 1. The monoisotopic (exact) mass is 184 g/mol. The zero-order valence-electron chi connectivity index (χ0n) is 6.36. The maximum absolute atomic E-state index is 11.0. The van der Waals surface area contributed by atoms with Crippen molar-refractivity contribution in [1.82, 2.24) is 15.5 Å². The maximum Gasteiger partial charge on any atom is 0.239 e. The van der Waals surface area contributed by atoms with E-state index in [0.717, 1.165) is 11.7 Å². The van der Waals surface area contributed by atoms with Gasteiger partial charge in [0.1, 0.15) is 5.51 Å². The quantitative estimate of drug-likeness (QED) is 0.637. The summed E-state index contributed by atoms with van der Waals surface area (Å²) in [6.45, 7) is 1.91. The number of hydrogen-bond acceptors (Lipinski definition) is 5. The molecule has 1 aliphatic rings. The summed E-state index contributed by atoms with van der Waals surface area (Å²) in [5.41, 5.74) is 1.67. The molecule has 0 spiro atoms. The first-order valence-electron chi connectivity index (χ1n) is 3.64. The van der Waals surface area contributed by atoms with Gasteiger partial charge in [-0.15, -0.1) is 10.2 Å². The Morgan fingerprint density at radius 3 is 3.25 bits per heavy atom. The van der Waals surface area contributed by atoms with Crippen molar-refractivity contribution in [3.63, 3.8) is 0 Å². The summed E-state index contributed by atoms with van der Waals surface area (Å²) in [5, 5.41) is 11.2. The molecule has 2 heterocycles. The minimum Gasteiger partial charge on any atom is -0.353 e. The molecule has 0 atom stereocenters. The number of rotatable bonds is 1. The van der Waals surface area contributed by atoms with Gasteiger partial charge >= 0.3 is 0 Å². The molecule has 0 bridgehead atoms. The molecule has 0 aromatic carbocycles. The third kappa shape index (κ3) is 1.38. The van der Waals surface area contributed by atoms with Crippen LogP contribution in [0.1, 0.15) is 0 Å². The van der Waals surface area contributed by atoms with E-state index in [1.54, 1.807) is 5.51 Å². The van der Waals surface area contributed by atoms with Crippen molar-refractivity contribution >= 4 is 22.4 Å². The van der Waals surface area contributed by atoms with E-state index in [1.807, 2.05) is 4.90 Å². The summed E-state index contributed by atoms with van der Waals surface area (Å²) in [6, 6.07) is 0. The van der Waals surface area contributed by atoms with Gasteiger partial charge in [0, 0.05) is 13.1 Å². The Balaban J connectivity index is 2.09. The van der Waals surface area contributed by atoms with Crippen LogP contribution in [0.4, 0.5) is 5.13 Å². The fourth-order valence-electron chi connectivity index (χ4n) is 1.11. The predicted molar refractivity (Wildman–Crippen MR) is 45.1 cm³/mol. The Labute approximate surface area is 73.4 Å². The van der Waals surface area contributed by atoms with E-state index in [9.17, 15) is 4.79 Å². The van der Waals surface area contributed by atoms with Crippen LogP contribution in [0, 0.1) is 0 Å². The topological polar surface area (TPSA) is 58.1 Å². The molecule has 0 saturated carbocycles. The summed E-state index contributed by atoms with van der Waals surface area (Å²) in [4.78, 5) is 12.9. The fraction of sp³-hybridized carbons (Fsp3) is 0.500. The number of nitrogens with one attached hydrogen (secondary N) is 1. The Bertz CT molecular complexity index is 273. The van der Waals surface area contributed by atoms with E-state index in [2.05, 4.69) is 15.5 Å². The molecule has 64 valence electrons. The Hall–Kier alpha value is -1.17. The van der Waals surface area contributed by atoms with Gasteiger partial charge < -0.3 is 10.2 Å². The average Bonchev–Trinajstić information content (AvgIpc) is 2.56. The summed E-state index contributed by atoms with van der Waals surface area (Å²) in [5.74, 6) is 0.0523. The number of anilines is 1. The van der Waals surface area contributed by atoms with E-state index in [-0.39, 0.29) is 5.91 Å². The molecule has 1 saturated heterocycles. The normalized spacial score (nSPS) is 17.7. The van der Waals surface area contributed by atoms with Gasteiger partial charge in [-0.25, -0.2) is 0 Å². The number of amides is 1. The van der Waals surface area contributed by atoms with Crippen molar-refractivity contribution in [3.05, 3.63) is 5.51 Å². The van der Waals surface area contributed by atoms with Crippen molar-refractivity contribution in [3.8, 4) is 0 Å². The van der Waals surface area contributed by atoms with Crippen LogP contribution in [0.3, 0.4) is 0 Å². The smallest absolute Gasteiger partial charge is 0.239 e. The van der Waals surface area contributed by atoms with Crippen molar-refractivity contribution in [2.75, 3.05) is 24.5 Å². The largest absolute Gasteiger partial charge is 0.353 e. The third-order valence-corrected chi connectivity index (χ3v) is 2.41. The Morgan fingerprint density at radius 1 is 1.67 bits per heavy atom. The molecule has 1 fully saturated rings. The molecule has 1 N–H and O–H groups in total. The summed E-state index contributed by atoms with van der Waals surface area (Å²) in [6.07, 6.45) is 0. The number of piperazine rings is 1. The fourth-order valence-corrected chi connectivity index (χ4v) is 1.69. The predicted octanol–water partition coefficient (Wildman–Crippen LogP) is -0.526. The average molecular weight is 184 g/mol. The standard InChI is InChI=1S/C6H8N4OS/c11-5-3-10(2-1-7-5)6-9-8-4-12-6/h4H,1-3H2,(H,7,11). The second-order valence-electron chi connectivity index (χ2n) is 2.49. The second kappa shape index (κ2) is 3.06. The van der Waals surface area contributed by atoms with Gasteiger partial charge in [-0.2, -0.15) is 0 Å². The summed E-state index contributed by atoms with van der Waals surface area (Å²) in [7, 11) is 0. The van der Waals surface area contributed by atoms with Crippen LogP contribution < -0.4 is 10.2 Å². The van der Waals surface area contributed by atoms with Crippen molar-refractivity contribution in [1.29, 1.82) is 0 Å². The second-order valence-corrected chi connectivity index (χ2v) is 3.30. The van der Waals surface area contributed by atoms with Crippen LogP contribution >= 0.6 is 11.3 Å². The molecule has 5 nitrogen and oxygen atoms in total. The van der Waals surface area contributed by atoms with Crippen LogP contribution in [0.15, 0.2) is 5.51 Å². The van der Waals surface area contributed by atoms with Crippen LogP contribution in [-0.2, 0) is 4.79 Å². The van der Waals surface area contributed by atoms with Gasteiger partial charge in [0.2, 0.25) is 11.0 Å². The zero-order chi connectivity index (χ0) is 8.39. The van der Waals surface area contributed by atoms with Crippen LogP contribution in [-0.4, -0.2) is 35.7 Å². The number of carbonyl (C=O) groups is 1. The number of carbonyl (C=O) groups excluding carboxylic acids is 1. The van der Waals surface area contributed by atoms with Gasteiger partial charge in [0.15, 0.2) is 0 Å².